The molecule has 15 heavy (non-hydrogen) atoms. The molecule has 0 aromatic carbocycles. The average Bonchev–Trinajstić information content (AvgIpc) is 2.00. The van der Waals surface area contributed by atoms with Gasteiger partial charge in [-0.15, -0.1) is 0 Å². The van der Waals surface area contributed by atoms with Gasteiger partial charge < -0.3 is 10.2 Å². The van der Waals surface area contributed by atoms with Crippen molar-refractivity contribution in [2.75, 3.05) is 13.1 Å². The molecule has 0 radical (unpaired) electrons. The van der Waals surface area contributed by atoms with Crippen LogP contribution in [0.5, 0.6) is 0 Å². The van der Waals surface area contributed by atoms with E-state index in [1.54, 1.807) is 0 Å². The smallest absolute Gasteiger partial charge is 0.237 e. The van der Waals surface area contributed by atoms with Crippen LogP contribution < -0.4 is 5.32 Å². The van der Waals surface area contributed by atoms with Crippen LogP contribution in [0, 0.1) is 5.41 Å². The third-order valence-electron chi connectivity index (χ3n) is 3.02. The number of piperazine rings is 1. The first-order valence-corrected chi connectivity index (χ1v) is 5.66. The van der Waals surface area contributed by atoms with Crippen molar-refractivity contribution in [1.29, 1.82) is 0 Å². The van der Waals surface area contributed by atoms with Crippen LogP contribution in [0.4, 0.5) is 0 Å². The van der Waals surface area contributed by atoms with E-state index in [9.17, 15) is 4.79 Å². The number of nitrogens with zero attached hydrogens (tertiary/aromatic N) is 1. The number of rotatable bonds is 0. The second kappa shape index (κ2) is 3.78. The van der Waals surface area contributed by atoms with Crippen molar-refractivity contribution < 1.29 is 4.79 Å². The van der Waals surface area contributed by atoms with Crippen molar-refractivity contribution in [2.24, 2.45) is 5.41 Å². The number of carbonyl (C=O) groups is 1. The molecule has 3 nitrogen and oxygen atoms in total. The lowest BCUT2D eigenvalue weighted by Gasteiger charge is -2.45. The van der Waals surface area contributed by atoms with Crippen LogP contribution in [0.15, 0.2) is 0 Å². The zero-order chi connectivity index (χ0) is 11.9. The van der Waals surface area contributed by atoms with E-state index in [4.69, 9.17) is 0 Å². The summed E-state index contributed by atoms with van der Waals surface area (Å²) in [6, 6.07) is 0.384. The number of amides is 1. The molecule has 0 spiro atoms. The molecule has 0 saturated carbocycles. The summed E-state index contributed by atoms with van der Waals surface area (Å²) in [4.78, 5) is 13.8. The number of hydrogen-bond donors (Lipinski definition) is 1. The first kappa shape index (κ1) is 12.5. The molecule has 3 heteroatoms. The minimum absolute atomic E-state index is 0.0668. The summed E-state index contributed by atoms with van der Waals surface area (Å²) in [7, 11) is 0. The second-order valence-electron chi connectivity index (χ2n) is 6.47. The molecule has 1 aliphatic heterocycles. The van der Waals surface area contributed by atoms with Crippen LogP contribution in [0.1, 0.15) is 41.5 Å². The van der Waals surface area contributed by atoms with E-state index < -0.39 is 0 Å². The van der Waals surface area contributed by atoms with E-state index in [1.165, 1.54) is 0 Å². The summed E-state index contributed by atoms with van der Waals surface area (Å²) in [6.07, 6.45) is 0. The predicted molar refractivity (Wildman–Crippen MR) is 62.7 cm³/mol. The molecule has 1 unspecified atom stereocenters. The maximum absolute atomic E-state index is 11.8. The Morgan fingerprint density at radius 2 is 1.73 bits per heavy atom. The van der Waals surface area contributed by atoms with Gasteiger partial charge in [-0.3, -0.25) is 4.79 Å². The molecule has 1 N–H and O–H groups in total. The second-order valence-corrected chi connectivity index (χ2v) is 6.47. The van der Waals surface area contributed by atoms with Crippen LogP contribution in [-0.2, 0) is 4.79 Å². The Bertz CT molecular complexity index is 247. The summed E-state index contributed by atoms with van der Waals surface area (Å²) < 4.78 is 0. The summed E-state index contributed by atoms with van der Waals surface area (Å²) in [6.45, 7) is 14.2. The Kier molecular flexibility index (Phi) is 3.15. The molecule has 1 aliphatic rings. The Morgan fingerprint density at radius 3 is 2.13 bits per heavy atom. The SMILES string of the molecule is CC(C)(C)C1CN(C(C)(C)C)C(=O)CN1. The topological polar surface area (TPSA) is 32.3 Å². The highest BCUT2D eigenvalue weighted by atomic mass is 16.2. The Hall–Kier alpha value is -0.570. The average molecular weight is 212 g/mol. The summed E-state index contributed by atoms with van der Waals surface area (Å²) in [5.41, 5.74) is 0.132. The van der Waals surface area contributed by atoms with Crippen LogP contribution in [0.3, 0.4) is 0 Å². The normalized spacial score (nSPS) is 24.5. The first-order valence-electron chi connectivity index (χ1n) is 5.66. The van der Waals surface area contributed by atoms with Gasteiger partial charge >= 0.3 is 0 Å². The highest BCUT2D eigenvalue weighted by Gasteiger charge is 2.36. The van der Waals surface area contributed by atoms with Crippen LogP contribution in [0.25, 0.3) is 0 Å². The van der Waals surface area contributed by atoms with Gasteiger partial charge in [0.05, 0.1) is 6.54 Å². The first-order chi connectivity index (χ1) is 6.62. The van der Waals surface area contributed by atoms with Crippen molar-refractivity contribution in [3.05, 3.63) is 0 Å². The van der Waals surface area contributed by atoms with Crippen LogP contribution in [0.2, 0.25) is 0 Å². The third-order valence-corrected chi connectivity index (χ3v) is 3.02. The number of hydrogen-bond acceptors (Lipinski definition) is 2. The molecule has 0 bridgehead atoms. The van der Waals surface area contributed by atoms with Crippen molar-refractivity contribution in [3.8, 4) is 0 Å². The van der Waals surface area contributed by atoms with Gasteiger partial charge in [0.15, 0.2) is 0 Å². The Morgan fingerprint density at radius 1 is 1.20 bits per heavy atom. The molecule has 0 aliphatic carbocycles. The fourth-order valence-electron chi connectivity index (χ4n) is 1.88. The summed E-state index contributed by atoms with van der Waals surface area (Å²) in [5, 5.41) is 3.32. The Balaban J connectivity index is 2.78. The zero-order valence-corrected chi connectivity index (χ0v) is 10.8. The fourth-order valence-corrected chi connectivity index (χ4v) is 1.88. The van der Waals surface area contributed by atoms with Crippen molar-refractivity contribution in [1.82, 2.24) is 10.2 Å². The monoisotopic (exact) mass is 212 g/mol. The van der Waals surface area contributed by atoms with Gasteiger partial charge in [0.1, 0.15) is 0 Å². The molecule has 88 valence electrons. The number of nitrogens with one attached hydrogen (secondary N) is 1. The van der Waals surface area contributed by atoms with E-state index in [0.717, 1.165) is 6.54 Å². The van der Waals surface area contributed by atoms with E-state index in [0.29, 0.717) is 12.6 Å². The van der Waals surface area contributed by atoms with Crippen LogP contribution >= 0.6 is 0 Å². The van der Waals surface area contributed by atoms with Crippen molar-refractivity contribution in [2.45, 2.75) is 53.1 Å². The molecule has 1 atom stereocenters. The van der Waals surface area contributed by atoms with E-state index in [1.807, 2.05) is 4.90 Å². The zero-order valence-electron chi connectivity index (χ0n) is 10.8. The van der Waals surface area contributed by atoms with Gasteiger partial charge in [0, 0.05) is 18.1 Å². The molecule has 1 fully saturated rings. The molecule has 0 aromatic rings. The third kappa shape index (κ3) is 2.94. The van der Waals surface area contributed by atoms with E-state index >= 15 is 0 Å². The predicted octanol–water partition coefficient (Wildman–Crippen LogP) is 1.63. The quantitative estimate of drug-likeness (QED) is 0.662. The van der Waals surface area contributed by atoms with Gasteiger partial charge in [-0.25, -0.2) is 0 Å². The number of carbonyl (C=O) groups excluding carboxylic acids is 1. The van der Waals surface area contributed by atoms with Crippen LogP contribution in [-0.4, -0.2) is 35.5 Å². The molecule has 1 amide bonds. The molecular weight excluding hydrogens is 188 g/mol. The van der Waals surface area contributed by atoms with Crippen molar-refractivity contribution in [3.63, 3.8) is 0 Å². The summed E-state index contributed by atoms with van der Waals surface area (Å²) in [5.74, 6) is 0.211. The van der Waals surface area contributed by atoms with Gasteiger partial charge in [0.2, 0.25) is 5.91 Å². The molecule has 1 saturated heterocycles. The lowest BCUT2D eigenvalue weighted by Crippen LogP contribution is -2.62. The maximum atomic E-state index is 11.8. The lowest BCUT2D eigenvalue weighted by molar-refractivity contribution is -0.139. The fraction of sp³-hybridized carbons (Fsp3) is 0.917. The van der Waals surface area contributed by atoms with E-state index in [2.05, 4.69) is 46.9 Å². The maximum Gasteiger partial charge on any atom is 0.237 e. The van der Waals surface area contributed by atoms with Crippen molar-refractivity contribution >= 4 is 5.91 Å². The molecule has 1 heterocycles. The highest BCUT2D eigenvalue weighted by Crippen LogP contribution is 2.25. The Labute approximate surface area is 93.2 Å². The van der Waals surface area contributed by atoms with Gasteiger partial charge in [-0.2, -0.15) is 0 Å². The van der Waals surface area contributed by atoms with E-state index in [-0.39, 0.29) is 16.9 Å². The molecule has 0 aromatic heterocycles. The van der Waals surface area contributed by atoms with Gasteiger partial charge in [0.25, 0.3) is 0 Å². The standard InChI is InChI=1S/C12H24N2O/c1-11(2,3)9-8-14(12(4,5)6)10(15)7-13-9/h9,13H,7-8H2,1-6H3. The molecular formula is C12H24N2O. The minimum Gasteiger partial charge on any atom is -0.335 e. The van der Waals surface area contributed by atoms with Gasteiger partial charge in [-0.1, -0.05) is 20.8 Å². The summed E-state index contributed by atoms with van der Waals surface area (Å²) >= 11 is 0. The highest BCUT2D eigenvalue weighted by molar-refractivity contribution is 5.80. The molecule has 1 rings (SSSR count). The lowest BCUT2D eigenvalue weighted by atomic mass is 9.84. The minimum atomic E-state index is -0.0668. The van der Waals surface area contributed by atoms with Gasteiger partial charge in [-0.05, 0) is 26.2 Å². The largest absolute Gasteiger partial charge is 0.335 e.